The van der Waals surface area contributed by atoms with Gasteiger partial charge in [0.05, 0.1) is 46.1 Å². The smallest absolute Gasteiger partial charge is 0.338 e. The topological polar surface area (TPSA) is 99.4 Å². The van der Waals surface area contributed by atoms with E-state index in [1.165, 1.54) is 15.9 Å². The van der Waals surface area contributed by atoms with E-state index in [1.807, 2.05) is 19.9 Å². The van der Waals surface area contributed by atoms with Crippen LogP contribution >= 0.6 is 27.3 Å². The van der Waals surface area contributed by atoms with Gasteiger partial charge in [-0.2, -0.15) is 0 Å². The molecule has 2 heterocycles. The maximum Gasteiger partial charge on any atom is 0.338 e. The first-order valence-electron chi connectivity index (χ1n) is 11.9. The standard InChI is InChI=1S/C27H27BrN2O6S/c1-5-34-20-11-9-17(14-21(20)35-6-2)24-23(26(33)36-7-3)15(4)29-27-30(24)25(32)22(37-27)13-16-8-10-19(31)18(28)12-16/h8-14,24,31H,5-7H2,1-4H3/b22-13-. The van der Waals surface area contributed by atoms with Gasteiger partial charge in [0.1, 0.15) is 5.75 Å². The molecule has 2 aromatic carbocycles. The predicted octanol–water partition coefficient (Wildman–Crippen LogP) is 4.06. The summed E-state index contributed by atoms with van der Waals surface area (Å²) in [6.45, 7) is 8.32. The van der Waals surface area contributed by atoms with Gasteiger partial charge in [0, 0.05) is 0 Å². The Morgan fingerprint density at radius 2 is 1.84 bits per heavy atom. The zero-order valence-electron chi connectivity index (χ0n) is 20.9. The van der Waals surface area contributed by atoms with E-state index in [1.54, 1.807) is 50.3 Å². The van der Waals surface area contributed by atoms with Crippen molar-refractivity contribution in [2.24, 2.45) is 4.99 Å². The Morgan fingerprint density at radius 1 is 1.11 bits per heavy atom. The van der Waals surface area contributed by atoms with Crippen molar-refractivity contribution in [3.63, 3.8) is 0 Å². The molecule has 1 unspecified atom stereocenters. The van der Waals surface area contributed by atoms with Gasteiger partial charge in [-0.15, -0.1) is 0 Å². The fourth-order valence-electron chi connectivity index (χ4n) is 4.11. The van der Waals surface area contributed by atoms with Crippen molar-refractivity contribution >= 4 is 39.3 Å². The number of benzene rings is 2. The van der Waals surface area contributed by atoms with Gasteiger partial charge in [-0.1, -0.05) is 23.5 Å². The molecule has 0 fully saturated rings. The van der Waals surface area contributed by atoms with Crippen LogP contribution in [0.2, 0.25) is 0 Å². The number of aromatic nitrogens is 1. The summed E-state index contributed by atoms with van der Waals surface area (Å²) in [4.78, 5) is 31.9. The van der Waals surface area contributed by atoms with Gasteiger partial charge in [-0.05, 0) is 85.1 Å². The SMILES string of the molecule is CCOC(=O)C1=C(C)N=c2s/c(=C\c3ccc(O)c(Br)c3)c(=O)n2C1c1ccc(OCC)c(OCC)c1. The quantitative estimate of drug-likeness (QED) is 0.399. The van der Waals surface area contributed by atoms with E-state index in [2.05, 4.69) is 20.9 Å². The highest BCUT2D eigenvalue weighted by Crippen LogP contribution is 2.36. The van der Waals surface area contributed by atoms with Crippen molar-refractivity contribution in [3.05, 3.63) is 83.0 Å². The Labute approximate surface area is 226 Å². The monoisotopic (exact) mass is 586 g/mol. The van der Waals surface area contributed by atoms with Crippen LogP contribution in [-0.2, 0) is 9.53 Å². The van der Waals surface area contributed by atoms with Crippen LogP contribution in [0.4, 0.5) is 0 Å². The number of thiazole rings is 1. The molecular weight excluding hydrogens is 560 g/mol. The van der Waals surface area contributed by atoms with Crippen LogP contribution in [0.15, 0.2) is 61.9 Å². The first-order chi connectivity index (χ1) is 17.8. The highest BCUT2D eigenvalue weighted by Gasteiger charge is 2.34. The van der Waals surface area contributed by atoms with Crippen molar-refractivity contribution in [1.29, 1.82) is 0 Å². The van der Waals surface area contributed by atoms with E-state index in [-0.39, 0.29) is 17.9 Å². The molecule has 8 nitrogen and oxygen atoms in total. The van der Waals surface area contributed by atoms with Gasteiger partial charge in [0.15, 0.2) is 16.3 Å². The molecule has 0 saturated carbocycles. The van der Waals surface area contributed by atoms with Crippen molar-refractivity contribution in [3.8, 4) is 17.2 Å². The van der Waals surface area contributed by atoms with Gasteiger partial charge < -0.3 is 19.3 Å². The number of halogens is 1. The molecule has 0 aliphatic carbocycles. The third-order valence-electron chi connectivity index (χ3n) is 5.67. The lowest BCUT2D eigenvalue weighted by Gasteiger charge is -2.25. The second kappa shape index (κ2) is 11.4. The number of carbonyl (C=O) groups is 1. The number of hydrogen-bond acceptors (Lipinski definition) is 8. The molecule has 1 atom stereocenters. The summed E-state index contributed by atoms with van der Waals surface area (Å²) in [5, 5.41) is 9.82. The first kappa shape index (κ1) is 26.7. The second-order valence-corrected chi connectivity index (χ2v) is 9.95. The molecule has 4 rings (SSSR count). The Bertz CT molecular complexity index is 1560. The molecule has 37 heavy (non-hydrogen) atoms. The van der Waals surface area contributed by atoms with E-state index >= 15 is 0 Å². The molecule has 1 aliphatic heterocycles. The fraction of sp³-hybridized carbons (Fsp3) is 0.296. The predicted molar refractivity (Wildman–Crippen MR) is 145 cm³/mol. The number of carbonyl (C=O) groups excluding carboxylic acids is 1. The normalized spacial score (nSPS) is 15.3. The third kappa shape index (κ3) is 5.35. The van der Waals surface area contributed by atoms with Crippen molar-refractivity contribution in [1.82, 2.24) is 4.57 Å². The van der Waals surface area contributed by atoms with Gasteiger partial charge in [0.2, 0.25) is 0 Å². The van der Waals surface area contributed by atoms with Crippen LogP contribution in [0, 0.1) is 0 Å². The number of phenolic OH excluding ortho intramolecular Hbond substituents is 1. The summed E-state index contributed by atoms with van der Waals surface area (Å²) in [5.41, 5.74) is 1.88. The molecule has 1 aliphatic rings. The van der Waals surface area contributed by atoms with Crippen LogP contribution in [0.3, 0.4) is 0 Å². The molecule has 0 bridgehead atoms. The number of hydrogen-bond donors (Lipinski definition) is 1. The average molecular weight is 587 g/mol. The lowest BCUT2D eigenvalue weighted by molar-refractivity contribution is -0.139. The minimum absolute atomic E-state index is 0.105. The summed E-state index contributed by atoms with van der Waals surface area (Å²) in [5.74, 6) is 0.679. The van der Waals surface area contributed by atoms with Gasteiger partial charge in [-0.3, -0.25) is 9.36 Å². The number of aromatic hydroxyl groups is 1. The highest BCUT2D eigenvalue weighted by molar-refractivity contribution is 9.10. The summed E-state index contributed by atoms with van der Waals surface area (Å²) in [7, 11) is 0. The van der Waals surface area contributed by atoms with Gasteiger partial charge in [0.25, 0.3) is 5.56 Å². The third-order valence-corrected chi connectivity index (χ3v) is 7.29. The second-order valence-electron chi connectivity index (χ2n) is 8.09. The summed E-state index contributed by atoms with van der Waals surface area (Å²) in [6, 6.07) is 9.63. The van der Waals surface area contributed by atoms with E-state index in [4.69, 9.17) is 14.2 Å². The van der Waals surface area contributed by atoms with Crippen molar-refractivity contribution < 1.29 is 24.1 Å². The van der Waals surface area contributed by atoms with E-state index in [9.17, 15) is 14.7 Å². The van der Waals surface area contributed by atoms with E-state index in [0.717, 1.165) is 5.56 Å². The zero-order valence-corrected chi connectivity index (χ0v) is 23.3. The van der Waals surface area contributed by atoms with Crippen LogP contribution in [-0.4, -0.2) is 35.5 Å². The lowest BCUT2D eigenvalue weighted by Crippen LogP contribution is -2.40. The van der Waals surface area contributed by atoms with Crippen LogP contribution in [0.1, 0.15) is 44.9 Å². The van der Waals surface area contributed by atoms with Crippen LogP contribution < -0.4 is 24.4 Å². The largest absolute Gasteiger partial charge is 0.507 e. The molecule has 0 radical (unpaired) electrons. The van der Waals surface area contributed by atoms with Crippen LogP contribution in [0.25, 0.3) is 6.08 Å². The number of phenols is 1. The fourth-order valence-corrected chi connectivity index (χ4v) is 5.55. The Kier molecular flexibility index (Phi) is 8.19. The minimum atomic E-state index is -0.765. The summed E-state index contributed by atoms with van der Waals surface area (Å²) < 4.78 is 19.4. The summed E-state index contributed by atoms with van der Waals surface area (Å²) in [6.07, 6.45) is 1.73. The first-order valence-corrected chi connectivity index (χ1v) is 13.5. The van der Waals surface area contributed by atoms with Gasteiger partial charge in [-0.25, -0.2) is 9.79 Å². The minimum Gasteiger partial charge on any atom is -0.507 e. The Morgan fingerprint density at radius 3 is 2.51 bits per heavy atom. The molecule has 1 aromatic heterocycles. The maximum absolute atomic E-state index is 13.8. The number of allylic oxidation sites excluding steroid dienone is 1. The average Bonchev–Trinajstić information content (AvgIpc) is 3.16. The molecule has 1 N–H and O–H groups in total. The van der Waals surface area contributed by atoms with Crippen molar-refractivity contribution in [2.45, 2.75) is 33.7 Å². The highest BCUT2D eigenvalue weighted by atomic mass is 79.9. The number of ether oxygens (including phenoxy) is 3. The molecule has 10 heteroatoms. The number of nitrogens with zero attached hydrogens (tertiary/aromatic N) is 2. The molecule has 0 saturated heterocycles. The molecule has 0 spiro atoms. The summed E-state index contributed by atoms with van der Waals surface area (Å²) >= 11 is 4.54. The molecular formula is C27H27BrN2O6S. The molecule has 0 amide bonds. The number of rotatable bonds is 8. The number of fused-ring (bicyclic) bond motifs is 1. The van der Waals surface area contributed by atoms with Gasteiger partial charge >= 0.3 is 5.97 Å². The Hall–Kier alpha value is -3.37. The Balaban J connectivity index is 1.95. The lowest BCUT2D eigenvalue weighted by atomic mass is 9.95. The molecule has 194 valence electrons. The zero-order chi connectivity index (χ0) is 26.7. The van der Waals surface area contributed by atoms with E-state index in [0.29, 0.717) is 55.4 Å². The van der Waals surface area contributed by atoms with Crippen LogP contribution in [0.5, 0.6) is 17.2 Å². The van der Waals surface area contributed by atoms with E-state index < -0.39 is 12.0 Å². The van der Waals surface area contributed by atoms with Crippen molar-refractivity contribution in [2.75, 3.05) is 19.8 Å². The molecule has 3 aromatic rings. The number of esters is 1. The maximum atomic E-state index is 13.8.